The molecule has 0 aromatic heterocycles. The van der Waals surface area contributed by atoms with Gasteiger partial charge in [-0.15, -0.1) is 0 Å². The molecule has 0 aliphatic carbocycles. The highest BCUT2D eigenvalue weighted by Crippen LogP contribution is 2.24. The van der Waals surface area contributed by atoms with Crippen LogP contribution in [0.25, 0.3) is 0 Å². The number of benzene rings is 3. The Morgan fingerprint density at radius 2 is 1.70 bits per heavy atom. The average molecular weight is 404 g/mol. The fourth-order valence-electron chi connectivity index (χ4n) is 3.52. The molecule has 5 nitrogen and oxygen atoms in total. The zero-order valence-electron chi connectivity index (χ0n) is 17.2. The first-order chi connectivity index (χ1) is 14.7. The van der Waals surface area contributed by atoms with Crippen LogP contribution >= 0.6 is 0 Å². The van der Waals surface area contributed by atoms with Gasteiger partial charge in [0.15, 0.2) is 0 Å². The van der Waals surface area contributed by atoms with Crippen LogP contribution in [0.1, 0.15) is 21.5 Å². The lowest BCUT2D eigenvalue weighted by molar-refractivity contribution is -0.921. The van der Waals surface area contributed by atoms with Crippen molar-refractivity contribution in [1.29, 1.82) is 0 Å². The molecule has 1 fully saturated rings. The van der Waals surface area contributed by atoms with E-state index >= 15 is 0 Å². The maximum absolute atomic E-state index is 12.6. The summed E-state index contributed by atoms with van der Waals surface area (Å²) in [5, 5.41) is 2.94. The van der Waals surface area contributed by atoms with Gasteiger partial charge in [-0.2, -0.15) is 0 Å². The van der Waals surface area contributed by atoms with Crippen LogP contribution in [-0.2, 0) is 11.3 Å². The first kappa shape index (κ1) is 20.1. The number of carbonyl (C=O) groups excluding carboxylic acids is 1. The van der Waals surface area contributed by atoms with Gasteiger partial charge < -0.3 is 19.7 Å². The average Bonchev–Trinajstić information content (AvgIpc) is 2.76. The predicted octanol–water partition coefficient (Wildman–Crippen LogP) is 3.45. The summed E-state index contributed by atoms with van der Waals surface area (Å²) in [5.74, 6) is 1.41. The number of quaternary nitrogens is 1. The van der Waals surface area contributed by atoms with Crippen LogP contribution in [0.5, 0.6) is 11.5 Å². The largest absolute Gasteiger partial charge is 0.457 e. The van der Waals surface area contributed by atoms with Crippen molar-refractivity contribution in [3.05, 3.63) is 89.5 Å². The van der Waals surface area contributed by atoms with Crippen molar-refractivity contribution < 1.29 is 19.2 Å². The number of rotatable bonds is 6. The summed E-state index contributed by atoms with van der Waals surface area (Å²) in [6.45, 7) is 6.71. The molecular weight excluding hydrogens is 376 g/mol. The molecule has 0 atom stereocenters. The number of nitrogens with one attached hydrogen (secondary N) is 2. The molecular formula is C25H27N2O3+. The highest BCUT2D eigenvalue weighted by atomic mass is 16.5. The van der Waals surface area contributed by atoms with Gasteiger partial charge in [0.2, 0.25) is 0 Å². The summed E-state index contributed by atoms with van der Waals surface area (Å²) in [6.07, 6.45) is 0. The van der Waals surface area contributed by atoms with E-state index in [1.807, 2.05) is 79.7 Å². The fourth-order valence-corrected chi connectivity index (χ4v) is 3.52. The van der Waals surface area contributed by atoms with Crippen LogP contribution in [0.15, 0.2) is 72.8 Å². The van der Waals surface area contributed by atoms with Crippen molar-refractivity contribution in [3.63, 3.8) is 0 Å². The van der Waals surface area contributed by atoms with Gasteiger partial charge in [-0.1, -0.05) is 24.3 Å². The van der Waals surface area contributed by atoms with Crippen LogP contribution in [0.3, 0.4) is 0 Å². The van der Waals surface area contributed by atoms with Crippen LogP contribution in [-0.4, -0.2) is 32.2 Å². The maximum atomic E-state index is 12.6. The molecule has 1 aliphatic heterocycles. The van der Waals surface area contributed by atoms with Gasteiger partial charge in [0.1, 0.15) is 31.1 Å². The third kappa shape index (κ3) is 5.47. The summed E-state index contributed by atoms with van der Waals surface area (Å²) in [6, 6.07) is 23.2. The molecule has 0 bridgehead atoms. The van der Waals surface area contributed by atoms with E-state index in [-0.39, 0.29) is 5.91 Å². The molecule has 154 valence electrons. The Morgan fingerprint density at radius 3 is 2.40 bits per heavy atom. The first-order valence-corrected chi connectivity index (χ1v) is 10.3. The minimum Gasteiger partial charge on any atom is -0.457 e. The Bertz CT molecular complexity index is 978. The number of hydrogen-bond donors (Lipinski definition) is 2. The molecule has 3 aromatic rings. The van der Waals surface area contributed by atoms with E-state index in [4.69, 9.17) is 9.47 Å². The Labute approximate surface area is 177 Å². The minimum atomic E-state index is -0.118. The second-order valence-corrected chi connectivity index (χ2v) is 7.63. The summed E-state index contributed by atoms with van der Waals surface area (Å²) >= 11 is 0. The maximum Gasteiger partial charge on any atom is 0.255 e. The van der Waals surface area contributed by atoms with Crippen molar-refractivity contribution in [2.24, 2.45) is 0 Å². The number of carbonyl (C=O) groups is 1. The summed E-state index contributed by atoms with van der Waals surface area (Å²) in [7, 11) is 0. The zero-order chi connectivity index (χ0) is 20.8. The summed E-state index contributed by atoms with van der Waals surface area (Å²) < 4.78 is 11.3. The van der Waals surface area contributed by atoms with Gasteiger partial charge in [0, 0.05) is 16.8 Å². The molecule has 1 aliphatic rings. The van der Waals surface area contributed by atoms with Crippen molar-refractivity contribution >= 4 is 11.6 Å². The van der Waals surface area contributed by atoms with Gasteiger partial charge in [0.05, 0.1) is 13.2 Å². The molecule has 0 spiro atoms. The van der Waals surface area contributed by atoms with E-state index in [0.29, 0.717) is 5.56 Å². The fraction of sp³-hybridized carbons (Fsp3) is 0.240. The van der Waals surface area contributed by atoms with Gasteiger partial charge in [-0.25, -0.2) is 0 Å². The number of morpholine rings is 1. The van der Waals surface area contributed by atoms with Gasteiger partial charge in [0.25, 0.3) is 5.91 Å². The van der Waals surface area contributed by atoms with E-state index < -0.39 is 0 Å². The molecule has 0 unspecified atom stereocenters. The summed E-state index contributed by atoms with van der Waals surface area (Å²) in [5.41, 5.74) is 3.77. The Hall–Kier alpha value is -3.15. The number of ether oxygens (including phenoxy) is 2. The number of aryl methyl sites for hydroxylation is 1. The molecule has 3 aromatic carbocycles. The first-order valence-electron chi connectivity index (χ1n) is 10.3. The topological polar surface area (TPSA) is 52.0 Å². The lowest BCUT2D eigenvalue weighted by Gasteiger charge is -2.23. The van der Waals surface area contributed by atoms with Gasteiger partial charge in [-0.05, 0) is 61.0 Å². The number of anilines is 1. The lowest BCUT2D eigenvalue weighted by Crippen LogP contribution is -3.12. The molecule has 2 N–H and O–H groups in total. The Kier molecular flexibility index (Phi) is 6.42. The lowest BCUT2D eigenvalue weighted by atomic mass is 10.1. The highest BCUT2D eigenvalue weighted by Gasteiger charge is 2.14. The molecule has 0 radical (unpaired) electrons. The van der Waals surface area contributed by atoms with Crippen LogP contribution < -0.4 is 15.0 Å². The predicted molar refractivity (Wildman–Crippen MR) is 117 cm³/mol. The molecule has 1 heterocycles. The number of hydrogen-bond acceptors (Lipinski definition) is 3. The monoisotopic (exact) mass is 403 g/mol. The van der Waals surface area contributed by atoms with Gasteiger partial charge in [-0.3, -0.25) is 4.79 Å². The van der Waals surface area contributed by atoms with Crippen molar-refractivity contribution in [1.82, 2.24) is 0 Å². The van der Waals surface area contributed by atoms with Crippen LogP contribution in [0.4, 0.5) is 5.69 Å². The molecule has 1 amide bonds. The van der Waals surface area contributed by atoms with Crippen molar-refractivity contribution in [3.8, 4) is 11.5 Å². The van der Waals surface area contributed by atoms with E-state index in [1.165, 1.54) is 10.5 Å². The Balaban J connectivity index is 1.33. The smallest absolute Gasteiger partial charge is 0.255 e. The number of amides is 1. The van der Waals surface area contributed by atoms with Crippen LogP contribution in [0.2, 0.25) is 0 Å². The zero-order valence-corrected chi connectivity index (χ0v) is 17.2. The third-order valence-electron chi connectivity index (χ3n) is 5.21. The molecule has 0 saturated carbocycles. The van der Waals surface area contributed by atoms with E-state index in [0.717, 1.165) is 55.6 Å². The normalized spacial score (nSPS) is 14.3. The van der Waals surface area contributed by atoms with Gasteiger partial charge >= 0.3 is 0 Å². The second kappa shape index (κ2) is 9.57. The minimum absolute atomic E-state index is 0.118. The third-order valence-corrected chi connectivity index (χ3v) is 5.21. The second-order valence-electron chi connectivity index (χ2n) is 7.63. The van der Waals surface area contributed by atoms with E-state index in [1.54, 1.807) is 0 Å². The summed E-state index contributed by atoms with van der Waals surface area (Å²) in [4.78, 5) is 14.1. The standard InChI is InChI=1S/C25H26N2O3/c1-19-3-2-4-24(17-19)30-23-11-9-22(10-12-23)26-25(28)21-7-5-20(6-8-21)18-27-13-15-29-16-14-27/h2-12,17H,13-16,18H2,1H3,(H,26,28)/p+1. The quantitative estimate of drug-likeness (QED) is 0.663. The van der Waals surface area contributed by atoms with Crippen molar-refractivity contribution in [2.45, 2.75) is 13.5 Å². The van der Waals surface area contributed by atoms with Crippen molar-refractivity contribution in [2.75, 3.05) is 31.6 Å². The molecule has 4 rings (SSSR count). The van der Waals surface area contributed by atoms with Crippen LogP contribution in [0, 0.1) is 6.92 Å². The highest BCUT2D eigenvalue weighted by molar-refractivity contribution is 6.04. The van der Waals surface area contributed by atoms with E-state index in [9.17, 15) is 4.79 Å². The molecule has 5 heteroatoms. The molecule has 30 heavy (non-hydrogen) atoms. The molecule has 1 saturated heterocycles. The SMILES string of the molecule is Cc1cccc(Oc2ccc(NC(=O)c3ccc(C[NH+]4CCOCC4)cc3)cc2)c1. The van der Waals surface area contributed by atoms with E-state index in [2.05, 4.69) is 5.32 Å². The Morgan fingerprint density at radius 1 is 0.967 bits per heavy atom.